The number of fused-ring (bicyclic) bond motifs is 1. The number of ether oxygens (including phenoxy) is 3. The van der Waals surface area contributed by atoms with Gasteiger partial charge in [0, 0.05) is 24.4 Å². The van der Waals surface area contributed by atoms with Crippen molar-refractivity contribution in [3.8, 4) is 17.2 Å². The fourth-order valence-electron chi connectivity index (χ4n) is 4.82. The van der Waals surface area contributed by atoms with Crippen LogP contribution in [-0.2, 0) is 9.59 Å². The molecule has 0 bridgehead atoms. The van der Waals surface area contributed by atoms with E-state index in [4.69, 9.17) is 14.2 Å². The number of rotatable bonds is 7. The number of ketones is 1. The van der Waals surface area contributed by atoms with Crippen molar-refractivity contribution >= 4 is 28.8 Å². The van der Waals surface area contributed by atoms with Crippen molar-refractivity contribution in [2.75, 3.05) is 43.7 Å². The Kier molecular flexibility index (Phi) is 6.96. The molecule has 5 rings (SSSR count). The third kappa shape index (κ3) is 4.53. The Morgan fingerprint density at radius 1 is 1.05 bits per heavy atom. The zero-order chi connectivity index (χ0) is 26.8. The summed E-state index contributed by atoms with van der Waals surface area (Å²) in [6.07, 6.45) is 0.833. The van der Waals surface area contributed by atoms with E-state index in [1.807, 2.05) is 31.0 Å². The first kappa shape index (κ1) is 25.2. The number of aliphatic hydroxyl groups is 1. The van der Waals surface area contributed by atoms with Crippen molar-refractivity contribution in [1.82, 2.24) is 0 Å². The summed E-state index contributed by atoms with van der Waals surface area (Å²) >= 11 is 0. The summed E-state index contributed by atoms with van der Waals surface area (Å²) < 4.78 is 16.9. The van der Waals surface area contributed by atoms with Gasteiger partial charge in [-0.15, -0.1) is 0 Å². The molecule has 1 atom stereocenters. The molecule has 0 aromatic heterocycles. The molecule has 2 heterocycles. The lowest BCUT2D eigenvalue weighted by molar-refractivity contribution is -0.132. The van der Waals surface area contributed by atoms with Gasteiger partial charge in [0.1, 0.15) is 29.6 Å². The first-order chi connectivity index (χ1) is 18.4. The van der Waals surface area contributed by atoms with Gasteiger partial charge in [0.15, 0.2) is 0 Å². The monoisotopic (exact) mass is 514 g/mol. The Labute approximate surface area is 221 Å². The van der Waals surface area contributed by atoms with Gasteiger partial charge in [0.05, 0.1) is 37.6 Å². The maximum atomic E-state index is 13.5. The van der Waals surface area contributed by atoms with E-state index in [1.54, 1.807) is 61.7 Å². The van der Waals surface area contributed by atoms with Crippen LogP contribution in [0.1, 0.15) is 30.5 Å². The van der Waals surface area contributed by atoms with Crippen LogP contribution in [0, 0.1) is 0 Å². The normalized spacial score (nSPS) is 18.2. The molecule has 0 aliphatic carbocycles. The largest absolute Gasteiger partial charge is 0.507 e. The molecule has 1 amide bonds. The van der Waals surface area contributed by atoms with Crippen LogP contribution in [0.5, 0.6) is 17.2 Å². The number of methoxy groups -OCH3 is 1. The third-order valence-corrected chi connectivity index (χ3v) is 6.75. The second-order valence-electron chi connectivity index (χ2n) is 9.24. The molecule has 1 fully saturated rings. The van der Waals surface area contributed by atoms with E-state index in [9.17, 15) is 14.7 Å². The third-order valence-electron chi connectivity index (χ3n) is 6.75. The summed E-state index contributed by atoms with van der Waals surface area (Å²) in [5, 5.41) is 11.6. The van der Waals surface area contributed by atoms with Crippen molar-refractivity contribution < 1.29 is 28.9 Å². The molecule has 38 heavy (non-hydrogen) atoms. The second-order valence-corrected chi connectivity index (χ2v) is 9.24. The minimum atomic E-state index is -0.878. The summed E-state index contributed by atoms with van der Waals surface area (Å²) in [6, 6.07) is 18.6. The lowest BCUT2D eigenvalue weighted by Crippen LogP contribution is -2.29. The van der Waals surface area contributed by atoms with Gasteiger partial charge in [-0.2, -0.15) is 0 Å². The fourth-order valence-corrected chi connectivity index (χ4v) is 4.82. The first-order valence-electron chi connectivity index (χ1n) is 12.6. The van der Waals surface area contributed by atoms with Gasteiger partial charge in [-0.3, -0.25) is 14.5 Å². The van der Waals surface area contributed by atoms with Gasteiger partial charge in [-0.25, -0.2) is 0 Å². The predicted molar refractivity (Wildman–Crippen MR) is 145 cm³/mol. The highest BCUT2D eigenvalue weighted by Gasteiger charge is 2.47. The number of hydrogen-bond donors (Lipinski definition) is 1. The molecular weight excluding hydrogens is 484 g/mol. The predicted octanol–water partition coefficient (Wildman–Crippen LogP) is 4.94. The molecule has 1 N–H and O–H groups in total. The molecule has 1 saturated heterocycles. The molecule has 0 radical (unpaired) electrons. The zero-order valence-corrected chi connectivity index (χ0v) is 21.6. The molecule has 0 spiro atoms. The number of hydrogen-bond acceptors (Lipinski definition) is 7. The average molecular weight is 515 g/mol. The Hall–Kier alpha value is -4.46. The van der Waals surface area contributed by atoms with Crippen LogP contribution in [0.15, 0.2) is 72.3 Å². The lowest BCUT2D eigenvalue weighted by Gasteiger charge is -2.28. The van der Waals surface area contributed by atoms with E-state index in [1.165, 1.54) is 4.90 Å². The lowest BCUT2D eigenvalue weighted by atomic mass is 9.94. The minimum absolute atomic E-state index is 0.00228. The molecule has 0 saturated carbocycles. The topological polar surface area (TPSA) is 88.5 Å². The van der Waals surface area contributed by atoms with Crippen LogP contribution in [0.2, 0.25) is 0 Å². The van der Waals surface area contributed by atoms with Crippen LogP contribution < -0.4 is 24.0 Å². The van der Waals surface area contributed by atoms with E-state index >= 15 is 0 Å². The molecule has 8 heteroatoms. The smallest absolute Gasteiger partial charge is 0.300 e. The standard InChI is InChI=1S/C30H30N2O6/c1-4-14-37-23-10-6-8-21(18-23)32-27(19-7-5-9-22(16-19)36-3)26(29(34)30(32)35)28(33)20-11-12-25-24(17-20)31(2)13-15-38-25/h5-12,16-18,27,33H,4,13-15H2,1-3H3/b28-26-. The van der Waals surface area contributed by atoms with E-state index < -0.39 is 17.7 Å². The van der Waals surface area contributed by atoms with Crippen LogP contribution in [0.4, 0.5) is 11.4 Å². The number of nitrogens with zero attached hydrogens (tertiary/aromatic N) is 2. The number of carbonyl (C=O) groups is 2. The minimum Gasteiger partial charge on any atom is -0.507 e. The molecule has 1 unspecified atom stereocenters. The van der Waals surface area contributed by atoms with Crippen molar-refractivity contribution in [3.05, 3.63) is 83.4 Å². The number of Topliss-reactive ketones (excluding diaryl/α,β-unsaturated/α-hetero) is 1. The molecule has 3 aromatic carbocycles. The summed E-state index contributed by atoms with van der Waals surface area (Å²) in [7, 11) is 3.49. The number of aliphatic hydroxyl groups excluding tert-OH is 1. The van der Waals surface area contributed by atoms with Crippen LogP contribution in [-0.4, -0.2) is 50.7 Å². The molecule has 196 valence electrons. The Morgan fingerprint density at radius 3 is 2.63 bits per heavy atom. The van der Waals surface area contributed by atoms with Gasteiger partial charge in [-0.1, -0.05) is 25.1 Å². The van der Waals surface area contributed by atoms with E-state index in [2.05, 4.69) is 0 Å². The number of amides is 1. The Morgan fingerprint density at radius 2 is 1.84 bits per heavy atom. The fraction of sp³-hybridized carbons (Fsp3) is 0.267. The average Bonchev–Trinajstić information content (AvgIpc) is 3.21. The highest BCUT2D eigenvalue weighted by atomic mass is 16.5. The number of anilines is 2. The zero-order valence-electron chi connectivity index (χ0n) is 21.6. The second kappa shape index (κ2) is 10.5. The highest BCUT2D eigenvalue weighted by Crippen LogP contribution is 2.44. The van der Waals surface area contributed by atoms with Crippen LogP contribution >= 0.6 is 0 Å². The van der Waals surface area contributed by atoms with Gasteiger partial charge < -0.3 is 24.2 Å². The number of likely N-dealkylation sites (N-methyl/N-ethyl adjacent to an activating group) is 1. The molecule has 2 aliphatic rings. The van der Waals surface area contributed by atoms with Gasteiger partial charge in [-0.05, 0) is 54.4 Å². The summed E-state index contributed by atoms with van der Waals surface area (Å²) in [6.45, 7) is 3.80. The van der Waals surface area contributed by atoms with Crippen molar-refractivity contribution in [2.24, 2.45) is 0 Å². The van der Waals surface area contributed by atoms with Crippen LogP contribution in [0.25, 0.3) is 5.76 Å². The highest BCUT2D eigenvalue weighted by molar-refractivity contribution is 6.51. The van der Waals surface area contributed by atoms with Crippen LogP contribution in [0.3, 0.4) is 0 Å². The molecule has 3 aromatic rings. The van der Waals surface area contributed by atoms with E-state index in [0.717, 1.165) is 12.1 Å². The van der Waals surface area contributed by atoms with Gasteiger partial charge in [0.25, 0.3) is 11.7 Å². The SMILES string of the molecule is CCCOc1cccc(N2C(=O)C(=O)/C(=C(\O)c3ccc4c(c3)N(C)CCO4)C2c2cccc(OC)c2)c1. The molecular formula is C30H30N2O6. The Bertz CT molecular complexity index is 1420. The Balaban J connectivity index is 1.67. The molecule has 2 aliphatic heterocycles. The quantitative estimate of drug-likeness (QED) is 0.271. The number of benzene rings is 3. The van der Waals surface area contributed by atoms with Crippen molar-refractivity contribution in [2.45, 2.75) is 19.4 Å². The maximum Gasteiger partial charge on any atom is 0.300 e. The summed E-state index contributed by atoms with van der Waals surface area (Å²) in [5.41, 5.74) is 2.34. The van der Waals surface area contributed by atoms with Crippen molar-refractivity contribution in [1.29, 1.82) is 0 Å². The first-order valence-corrected chi connectivity index (χ1v) is 12.6. The molecule has 8 nitrogen and oxygen atoms in total. The number of carbonyl (C=O) groups excluding carboxylic acids is 2. The summed E-state index contributed by atoms with van der Waals surface area (Å²) in [5.74, 6) is 0.111. The van der Waals surface area contributed by atoms with E-state index in [0.29, 0.717) is 53.8 Å². The van der Waals surface area contributed by atoms with Gasteiger partial charge in [0.2, 0.25) is 0 Å². The maximum absolute atomic E-state index is 13.5. The van der Waals surface area contributed by atoms with E-state index in [-0.39, 0.29) is 11.3 Å². The van der Waals surface area contributed by atoms with Crippen molar-refractivity contribution in [3.63, 3.8) is 0 Å². The van der Waals surface area contributed by atoms with Gasteiger partial charge >= 0.3 is 0 Å². The summed E-state index contributed by atoms with van der Waals surface area (Å²) in [4.78, 5) is 30.5.